The fourth-order valence-electron chi connectivity index (χ4n) is 4.93. The molecule has 4 atom stereocenters. The molecule has 0 bridgehead atoms. The minimum Gasteiger partial charge on any atom is -0.339 e. The number of hydrogen-bond donors (Lipinski definition) is 1. The van der Waals surface area contributed by atoms with E-state index in [1.165, 1.54) is 44.9 Å². The molecule has 1 aliphatic heterocycles. The number of nitrogens with zero attached hydrogens (tertiary/aromatic N) is 1. The summed E-state index contributed by atoms with van der Waals surface area (Å²) in [6, 6.07) is 0.589. The molecule has 3 nitrogen and oxygen atoms in total. The maximum absolute atomic E-state index is 12.9. The van der Waals surface area contributed by atoms with E-state index in [0.29, 0.717) is 23.8 Å². The average Bonchev–Trinajstić information content (AvgIpc) is 2.91. The summed E-state index contributed by atoms with van der Waals surface area (Å²) in [5.74, 6) is 2.31. The van der Waals surface area contributed by atoms with E-state index in [2.05, 4.69) is 4.90 Å². The number of carbonyl (C=O) groups excluding carboxylic acids is 1. The van der Waals surface area contributed by atoms with Crippen LogP contribution in [0.15, 0.2) is 0 Å². The summed E-state index contributed by atoms with van der Waals surface area (Å²) in [6.07, 6.45) is 12.4. The van der Waals surface area contributed by atoms with Crippen molar-refractivity contribution < 1.29 is 4.79 Å². The molecule has 4 unspecified atom stereocenters. The fraction of sp³-hybridized carbons (Fsp3) is 0.941. The van der Waals surface area contributed by atoms with Gasteiger partial charge in [0.2, 0.25) is 5.91 Å². The van der Waals surface area contributed by atoms with Gasteiger partial charge in [-0.1, -0.05) is 25.7 Å². The average molecular weight is 278 g/mol. The lowest BCUT2D eigenvalue weighted by molar-refractivity contribution is -0.138. The number of rotatable bonds is 3. The Morgan fingerprint density at radius 2 is 1.90 bits per heavy atom. The quantitative estimate of drug-likeness (QED) is 0.863. The van der Waals surface area contributed by atoms with Gasteiger partial charge in [-0.05, 0) is 56.9 Å². The summed E-state index contributed by atoms with van der Waals surface area (Å²) >= 11 is 0. The molecule has 3 heteroatoms. The molecule has 114 valence electrons. The van der Waals surface area contributed by atoms with Crippen LogP contribution in [0.3, 0.4) is 0 Å². The first kappa shape index (κ1) is 14.4. The van der Waals surface area contributed by atoms with Crippen molar-refractivity contribution in [1.82, 2.24) is 4.90 Å². The zero-order valence-electron chi connectivity index (χ0n) is 12.7. The highest BCUT2D eigenvalue weighted by Gasteiger charge is 2.40. The Hall–Kier alpha value is -0.570. The lowest BCUT2D eigenvalue weighted by atomic mass is 9.78. The lowest BCUT2D eigenvalue weighted by Gasteiger charge is -2.36. The molecule has 1 heterocycles. The van der Waals surface area contributed by atoms with E-state index in [4.69, 9.17) is 5.73 Å². The Morgan fingerprint density at radius 3 is 2.75 bits per heavy atom. The van der Waals surface area contributed by atoms with Gasteiger partial charge in [0.05, 0.1) is 0 Å². The molecule has 0 spiro atoms. The Labute approximate surface area is 123 Å². The first-order chi connectivity index (χ1) is 9.79. The molecule has 1 amide bonds. The normalized spacial score (nSPS) is 37.8. The number of fused-ring (bicyclic) bond motifs is 1. The smallest absolute Gasteiger partial charge is 0.225 e. The molecule has 2 saturated carbocycles. The molecule has 1 saturated heterocycles. The molecule has 2 N–H and O–H groups in total. The molecule has 0 aromatic rings. The van der Waals surface area contributed by atoms with Crippen molar-refractivity contribution in [3.63, 3.8) is 0 Å². The Balaban J connectivity index is 1.60. The van der Waals surface area contributed by atoms with Crippen LogP contribution < -0.4 is 5.73 Å². The minimum atomic E-state index is 0.306. The highest BCUT2D eigenvalue weighted by atomic mass is 16.2. The standard InChI is InChI=1S/C17H30N2O/c18-10-8-13-4-3-6-15(12-13)17(20)19-11-9-14-5-1-2-7-16(14)19/h13-16H,1-12,18H2. The van der Waals surface area contributed by atoms with Gasteiger partial charge in [0, 0.05) is 18.5 Å². The Bertz CT molecular complexity index is 342. The van der Waals surface area contributed by atoms with Crippen molar-refractivity contribution >= 4 is 5.91 Å². The fourth-order valence-corrected chi connectivity index (χ4v) is 4.93. The van der Waals surface area contributed by atoms with Crippen molar-refractivity contribution in [1.29, 1.82) is 0 Å². The van der Waals surface area contributed by atoms with E-state index in [0.717, 1.165) is 38.3 Å². The molecule has 3 aliphatic rings. The third-order valence-corrected chi connectivity index (χ3v) is 6.00. The van der Waals surface area contributed by atoms with E-state index in [1.807, 2.05) is 0 Å². The first-order valence-corrected chi connectivity index (χ1v) is 8.80. The summed E-state index contributed by atoms with van der Waals surface area (Å²) in [5, 5.41) is 0. The first-order valence-electron chi connectivity index (χ1n) is 8.80. The van der Waals surface area contributed by atoms with Gasteiger partial charge in [-0.15, -0.1) is 0 Å². The number of nitrogens with two attached hydrogens (primary N) is 1. The number of likely N-dealkylation sites (tertiary alicyclic amines) is 1. The third-order valence-electron chi connectivity index (χ3n) is 6.00. The van der Waals surface area contributed by atoms with Crippen LogP contribution in [0.2, 0.25) is 0 Å². The van der Waals surface area contributed by atoms with Crippen LogP contribution in [0.5, 0.6) is 0 Å². The predicted octanol–water partition coefficient (Wildman–Crippen LogP) is 2.93. The van der Waals surface area contributed by atoms with Crippen LogP contribution >= 0.6 is 0 Å². The van der Waals surface area contributed by atoms with Gasteiger partial charge < -0.3 is 10.6 Å². The predicted molar refractivity (Wildman–Crippen MR) is 81.2 cm³/mol. The summed E-state index contributed by atoms with van der Waals surface area (Å²) < 4.78 is 0. The van der Waals surface area contributed by atoms with Crippen molar-refractivity contribution in [3.05, 3.63) is 0 Å². The maximum atomic E-state index is 12.9. The zero-order valence-corrected chi connectivity index (χ0v) is 12.7. The molecule has 0 aromatic heterocycles. The molecule has 3 fully saturated rings. The van der Waals surface area contributed by atoms with Gasteiger partial charge in [-0.25, -0.2) is 0 Å². The van der Waals surface area contributed by atoms with Crippen LogP contribution in [0.4, 0.5) is 0 Å². The molecule has 3 rings (SSSR count). The topological polar surface area (TPSA) is 46.3 Å². The molecule has 20 heavy (non-hydrogen) atoms. The van der Waals surface area contributed by atoms with Crippen molar-refractivity contribution in [3.8, 4) is 0 Å². The van der Waals surface area contributed by atoms with Gasteiger partial charge in [-0.2, -0.15) is 0 Å². The number of amides is 1. The molecule has 0 radical (unpaired) electrons. The molecular formula is C17H30N2O. The molecule has 0 aromatic carbocycles. The highest BCUT2D eigenvalue weighted by molar-refractivity contribution is 5.79. The summed E-state index contributed by atoms with van der Waals surface area (Å²) in [5.41, 5.74) is 5.70. The second kappa shape index (κ2) is 6.46. The molecule has 2 aliphatic carbocycles. The Kier molecular flexibility index (Phi) is 4.65. The van der Waals surface area contributed by atoms with Crippen molar-refractivity contribution in [2.75, 3.05) is 13.1 Å². The van der Waals surface area contributed by atoms with Crippen molar-refractivity contribution in [2.24, 2.45) is 23.5 Å². The second-order valence-electron chi connectivity index (χ2n) is 7.24. The maximum Gasteiger partial charge on any atom is 0.225 e. The number of carbonyl (C=O) groups is 1. The van der Waals surface area contributed by atoms with E-state index < -0.39 is 0 Å². The Morgan fingerprint density at radius 1 is 1.05 bits per heavy atom. The van der Waals surface area contributed by atoms with Crippen LogP contribution in [-0.4, -0.2) is 29.9 Å². The van der Waals surface area contributed by atoms with Gasteiger partial charge in [0.1, 0.15) is 0 Å². The second-order valence-corrected chi connectivity index (χ2v) is 7.24. The van der Waals surface area contributed by atoms with Crippen LogP contribution in [0.1, 0.15) is 64.2 Å². The van der Waals surface area contributed by atoms with Gasteiger partial charge >= 0.3 is 0 Å². The minimum absolute atomic E-state index is 0.306. The van der Waals surface area contributed by atoms with Gasteiger partial charge in [-0.3, -0.25) is 4.79 Å². The monoisotopic (exact) mass is 278 g/mol. The third kappa shape index (κ3) is 2.88. The van der Waals surface area contributed by atoms with Crippen molar-refractivity contribution in [2.45, 2.75) is 70.3 Å². The van der Waals surface area contributed by atoms with E-state index in [9.17, 15) is 4.79 Å². The van der Waals surface area contributed by atoms with E-state index >= 15 is 0 Å². The van der Waals surface area contributed by atoms with Crippen LogP contribution in [0.25, 0.3) is 0 Å². The summed E-state index contributed by atoms with van der Waals surface area (Å²) in [7, 11) is 0. The lowest BCUT2D eigenvalue weighted by Crippen LogP contribution is -2.43. The molecular weight excluding hydrogens is 248 g/mol. The largest absolute Gasteiger partial charge is 0.339 e. The van der Waals surface area contributed by atoms with Crippen LogP contribution in [0, 0.1) is 17.8 Å². The summed E-state index contributed by atoms with van der Waals surface area (Å²) in [4.78, 5) is 15.2. The highest BCUT2D eigenvalue weighted by Crippen LogP contribution is 2.39. The van der Waals surface area contributed by atoms with Crippen LogP contribution in [-0.2, 0) is 4.79 Å². The van der Waals surface area contributed by atoms with E-state index in [1.54, 1.807) is 0 Å². The van der Waals surface area contributed by atoms with E-state index in [-0.39, 0.29) is 0 Å². The zero-order chi connectivity index (χ0) is 13.9. The summed E-state index contributed by atoms with van der Waals surface area (Å²) in [6.45, 7) is 1.81. The van der Waals surface area contributed by atoms with Gasteiger partial charge in [0.25, 0.3) is 0 Å². The van der Waals surface area contributed by atoms with Gasteiger partial charge in [0.15, 0.2) is 0 Å². The SMILES string of the molecule is NCCC1CCCC(C(=O)N2CCC3CCCCC32)C1. The number of hydrogen-bond acceptors (Lipinski definition) is 2.